The topological polar surface area (TPSA) is 52.6 Å². The number of likely N-dealkylation sites (tertiary alicyclic amines) is 1. The third-order valence-electron chi connectivity index (χ3n) is 4.53. The molecule has 5 nitrogen and oxygen atoms in total. The van der Waals surface area contributed by atoms with Crippen LogP contribution in [-0.4, -0.2) is 60.4 Å². The van der Waals surface area contributed by atoms with Crippen LogP contribution in [0.1, 0.15) is 39.5 Å². The van der Waals surface area contributed by atoms with Crippen LogP contribution in [0.5, 0.6) is 0 Å². The number of amides is 2. The van der Waals surface area contributed by atoms with Gasteiger partial charge in [0, 0.05) is 19.5 Å². The molecule has 0 unspecified atom stereocenters. The maximum Gasteiger partial charge on any atom is 0.247 e. The van der Waals surface area contributed by atoms with E-state index in [1.807, 2.05) is 4.90 Å². The van der Waals surface area contributed by atoms with E-state index in [0.29, 0.717) is 18.9 Å². The second kappa shape index (κ2) is 6.12. The van der Waals surface area contributed by atoms with Gasteiger partial charge >= 0.3 is 0 Å². The van der Waals surface area contributed by atoms with Gasteiger partial charge in [0.05, 0.1) is 0 Å². The summed E-state index contributed by atoms with van der Waals surface area (Å²) in [5, 5.41) is 2.80. The fourth-order valence-electron chi connectivity index (χ4n) is 3.10. The van der Waals surface area contributed by atoms with Crippen LogP contribution in [0.4, 0.5) is 0 Å². The molecule has 2 heterocycles. The van der Waals surface area contributed by atoms with Crippen molar-refractivity contribution >= 4 is 11.8 Å². The van der Waals surface area contributed by atoms with Crippen LogP contribution in [0, 0.1) is 5.92 Å². The van der Waals surface area contributed by atoms with E-state index in [2.05, 4.69) is 17.3 Å². The SMILES string of the molecule is CN1CCC(CCN2CCC(=O)NC(C)(C)C2=O)CC1. The molecule has 2 amide bonds. The lowest BCUT2D eigenvalue weighted by atomic mass is 9.93. The number of hydrogen-bond acceptors (Lipinski definition) is 3. The zero-order chi connectivity index (χ0) is 14.8. The Morgan fingerprint density at radius 1 is 1.20 bits per heavy atom. The van der Waals surface area contributed by atoms with E-state index in [1.165, 1.54) is 12.8 Å². The fraction of sp³-hybridized carbons (Fsp3) is 0.867. The van der Waals surface area contributed by atoms with Crippen molar-refractivity contribution in [1.29, 1.82) is 0 Å². The van der Waals surface area contributed by atoms with Gasteiger partial charge in [-0.25, -0.2) is 0 Å². The molecule has 0 aromatic carbocycles. The fourth-order valence-corrected chi connectivity index (χ4v) is 3.10. The van der Waals surface area contributed by atoms with Gasteiger partial charge in [0.25, 0.3) is 0 Å². The van der Waals surface area contributed by atoms with Gasteiger partial charge in [-0.05, 0) is 59.2 Å². The minimum Gasteiger partial charge on any atom is -0.342 e. The molecule has 0 bridgehead atoms. The first-order valence-electron chi connectivity index (χ1n) is 7.67. The summed E-state index contributed by atoms with van der Waals surface area (Å²) in [6.07, 6.45) is 3.92. The molecule has 0 saturated carbocycles. The van der Waals surface area contributed by atoms with E-state index in [4.69, 9.17) is 0 Å². The number of nitrogens with zero attached hydrogens (tertiary/aromatic N) is 2. The number of nitrogens with one attached hydrogen (secondary N) is 1. The summed E-state index contributed by atoms with van der Waals surface area (Å²) in [6.45, 7) is 7.24. The third kappa shape index (κ3) is 3.72. The van der Waals surface area contributed by atoms with E-state index < -0.39 is 5.54 Å². The van der Waals surface area contributed by atoms with Gasteiger partial charge < -0.3 is 15.1 Å². The lowest BCUT2D eigenvalue weighted by Crippen LogP contribution is -2.53. The summed E-state index contributed by atoms with van der Waals surface area (Å²) in [5.74, 6) is 0.746. The third-order valence-corrected chi connectivity index (χ3v) is 4.53. The number of hydrogen-bond donors (Lipinski definition) is 1. The highest BCUT2D eigenvalue weighted by Crippen LogP contribution is 2.21. The van der Waals surface area contributed by atoms with Crippen molar-refractivity contribution in [2.45, 2.75) is 45.1 Å². The van der Waals surface area contributed by atoms with E-state index in [1.54, 1.807) is 13.8 Å². The van der Waals surface area contributed by atoms with Gasteiger partial charge in [-0.3, -0.25) is 9.59 Å². The largest absolute Gasteiger partial charge is 0.342 e. The Bertz CT molecular complexity index is 373. The van der Waals surface area contributed by atoms with Crippen LogP contribution in [-0.2, 0) is 9.59 Å². The Labute approximate surface area is 121 Å². The molecule has 5 heteroatoms. The Hall–Kier alpha value is -1.10. The number of piperidine rings is 1. The molecule has 2 rings (SSSR count). The predicted octanol–water partition coefficient (Wildman–Crippen LogP) is 0.845. The van der Waals surface area contributed by atoms with Crippen molar-refractivity contribution in [3.63, 3.8) is 0 Å². The average molecular weight is 281 g/mol. The van der Waals surface area contributed by atoms with Gasteiger partial charge in [-0.1, -0.05) is 0 Å². The first-order chi connectivity index (χ1) is 9.38. The van der Waals surface area contributed by atoms with E-state index in [-0.39, 0.29) is 11.8 Å². The summed E-state index contributed by atoms with van der Waals surface area (Å²) in [7, 11) is 2.16. The zero-order valence-corrected chi connectivity index (χ0v) is 12.9. The minimum atomic E-state index is -0.764. The average Bonchev–Trinajstić information content (AvgIpc) is 2.48. The van der Waals surface area contributed by atoms with Gasteiger partial charge in [0.15, 0.2) is 0 Å². The summed E-state index contributed by atoms with van der Waals surface area (Å²) in [4.78, 5) is 28.3. The molecular weight excluding hydrogens is 254 g/mol. The normalized spacial score (nSPS) is 25.4. The summed E-state index contributed by atoms with van der Waals surface area (Å²) in [6, 6.07) is 0. The molecule has 2 fully saturated rings. The Morgan fingerprint density at radius 3 is 2.50 bits per heavy atom. The molecule has 0 aromatic rings. The van der Waals surface area contributed by atoms with Crippen LogP contribution in [0.2, 0.25) is 0 Å². The van der Waals surface area contributed by atoms with Crippen LogP contribution in [0.3, 0.4) is 0 Å². The molecule has 0 spiro atoms. The van der Waals surface area contributed by atoms with Crippen molar-refractivity contribution in [3.8, 4) is 0 Å². The lowest BCUT2D eigenvalue weighted by Gasteiger charge is -2.32. The van der Waals surface area contributed by atoms with Crippen molar-refractivity contribution in [3.05, 3.63) is 0 Å². The highest BCUT2D eigenvalue weighted by Gasteiger charge is 2.36. The summed E-state index contributed by atoms with van der Waals surface area (Å²) < 4.78 is 0. The monoisotopic (exact) mass is 281 g/mol. The number of carbonyl (C=O) groups excluding carboxylic acids is 2. The first-order valence-corrected chi connectivity index (χ1v) is 7.67. The van der Waals surface area contributed by atoms with Crippen LogP contribution in [0.15, 0.2) is 0 Å². The molecule has 0 atom stereocenters. The van der Waals surface area contributed by atoms with Gasteiger partial charge in [0.1, 0.15) is 5.54 Å². The number of carbonyl (C=O) groups is 2. The lowest BCUT2D eigenvalue weighted by molar-refractivity contribution is -0.137. The van der Waals surface area contributed by atoms with Crippen LogP contribution >= 0.6 is 0 Å². The first kappa shape index (κ1) is 15.3. The molecule has 1 N–H and O–H groups in total. The molecule has 0 aromatic heterocycles. The van der Waals surface area contributed by atoms with Crippen molar-refractivity contribution in [2.75, 3.05) is 33.2 Å². The molecule has 0 aliphatic carbocycles. The standard InChI is InChI=1S/C15H27N3O2/c1-15(2)14(20)18(11-7-13(19)16-15)10-6-12-4-8-17(3)9-5-12/h12H,4-11H2,1-3H3,(H,16,19). The van der Waals surface area contributed by atoms with E-state index in [9.17, 15) is 9.59 Å². The van der Waals surface area contributed by atoms with Gasteiger partial charge in [-0.2, -0.15) is 0 Å². The Balaban J connectivity index is 1.88. The van der Waals surface area contributed by atoms with E-state index >= 15 is 0 Å². The summed E-state index contributed by atoms with van der Waals surface area (Å²) in [5.41, 5.74) is -0.764. The Morgan fingerprint density at radius 2 is 1.85 bits per heavy atom. The second-order valence-electron chi connectivity index (χ2n) is 6.75. The highest BCUT2D eigenvalue weighted by molar-refractivity contribution is 5.92. The molecule has 2 saturated heterocycles. The number of rotatable bonds is 3. The van der Waals surface area contributed by atoms with Crippen molar-refractivity contribution < 1.29 is 9.59 Å². The second-order valence-corrected chi connectivity index (χ2v) is 6.75. The van der Waals surface area contributed by atoms with Crippen LogP contribution < -0.4 is 5.32 Å². The van der Waals surface area contributed by atoms with Gasteiger partial charge in [-0.15, -0.1) is 0 Å². The van der Waals surface area contributed by atoms with Crippen LogP contribution in [0.25, 0.3) is 0 Å². The van der Waals surface area contributed by atoms with Gasteiger partial charge in [0.2, 0.25) is 11.8 Å². The van der Waals surface area contributed by atoms with E-state index in [0.717, 1.165) is 26.1 Å². The maximum absolute atomic E-state index is 12.4. The predicted molar refractivity (Wildman–Crippen MR) is 78.3 cm³/mol. The molecular formula is C15H27N3O2. The highest BCUT2D eigenvalue weighted by atomic mass is 16.2. The smallest absolute Gasteiger partial charge is 0.247 e. The Kier molecular flexibility index (Phi) is 4.68. The molecule has 2 aliphatic heterocycles. The quantitative estimate of drug-likeness (QED) is 0.834. The maximum atomic E-state index is 12.4. The molecule has 2 aliphatic rings. The molecule has 114 valence electrons. The minimum absolute atomic E-state index is 0.0230. The molecule has 20 heavy (non-hydrogen) atoms. The summed E-state index contributed by atoms with van der Waals surface area (Å²) >= 11 is 0. The van der Waals surface area contributed by atoms with Crippen molar-refractivity contribution in [1.82, 2.24) is 15.1 Å². The molecule has 0 radical (unpaired) electrons. The zero-order valence-electron chi connectivity index (χ0n) is 12.9. The van der Waals surface area contributed by atoms with Crippen molar-refractivity contribution in [2.24, 2.45) is 5.92 Å².